The lowest BCUT2D eigenvalue weighted by molar-refractivity contribution is 0.193. The zero-order valence-corrected chi connectivity index (χ0v) is 9.94. The minimum Gasteiger partial charge on any atom is -0.381 e. The maximum absolute atomic E-state index is 5.42. The molecule has 1 saturated heterocycles. The lowest BCUT2D eigenvalue weighted by atomic mass is 10.1. The molecule has 88 valence electrons. The van der Waals surface area contributed by atoms with E-state index in [1.54, 1.807) is 0 Å². The van der Waals surface area contributed by atoms with Gasteiger partial charge >= 0.3 is 0 Å². The Morgan fingerprint density at radius 2 is 2.38 bits per heavy atom. The number of hydrogen-bond donors (Lipinski definition) is 1. The highest BCUT2D eigenvalue weighted by Crippen LogP contribution is 2.31. The number of nitrogens with one attached hydrogen (secondary N) is 1. The number of ether oxygens (including phenoxy) is 1. The molecule has 16 heavy (non-hydrogen) atoms. The van der Waals surface area contributed by atoms with Crippen LogP contribution in [0.4, 0.5) is 5.95 Å². The molecule has 0 bridgehead atoms. The van der Waals surface area contributed by atoms with Crippen molar-refractivity contribution in [3.8, 4) is 0 Å². The van der Waals surface area contributed by atoms with Crippen LogP contribution in [-0.4, -0.2) is 28.8 Å². The molecule has 0 radical (unpaired) electrons. The van der Waals surface area contributed by atoms with Crippen LogP contribution < -0.4 is 5.32 Å². The van der Waals surface area contributed by atoms with Crippen molar-refractivity contribution in [2.24, 2.45) is 0 Å². The molecule has 4 heteroatoms. The predicted molar refractivity (Wildman–Crippen MR) is 62.8 cm³/mol. The first kappa shape index (κ1) is 10.1. The van der Waals surface area contributed by atoms with Gasteiger partial charge in [0.15, 0.2) is 0 Å². The van der Waals surface area contributed by atoms with Crippen LogP contribution in [0, 0.1) is 0 Å². The fraction of sp³-hybridized carbons (Fsp3) is 0.750. The van der Waals surface area contributed by atoms with Gasteiger partial charge in [0.25, 0.3) is 0 Å². The Labute approximate surface area is 96.0 Å². The van der Waals surface area contributed by atoms with Gasteiger partial charge in [0.1, 0.15) is 0 Å². The number of hydrogen-bond acceptors (Lipinski definition) is 3. The Balaban J connectivity index is 1.90. The lowest BCUT2D eigenvalue weighted by Gasteiger charge is -2.27. The van der Waals surface area contributed by atoms with Gasteiger partial charge in [0.2, 0.25) is 5.95 Å². The Morgan fingerprint density at radius 1 is 1.50 bits per heavy atom. The standard InChI is InChI=1S/C12H19N3O/c1-8-5-9(2)15-6-11(14-12(15)13-8)10-3-4-16-7-10/h6,8-10H,3-5,7H2,1-2H3,(H,13,14). The summed E-state index contributed by atoms with van der Waals surface area (Å²) < 4.78 is 7.69. The van der Waals surface area contributed by atoms with E-state index in [2.05, 4.69) is 29.9 Å². The van der Waals surface area contributed by atoms with Crippen LogP contribution in [0.15, 0.2) is 6.20 Å². The highest BCUT2D eigenvalue weighted by atomic mass is 16.5. The second kappa shape index (κ2) is 3.77. The molecule has 0 amide bonds. The summed E-state index contributed by atoms with van der Waals surface area (Å²) in [6.45, 7) is 6.19. The summed E-state index contributed by atoms with van der Waals surface area (Å²) in [7, 11) is 0. The molecule has 1 aromatic rings. The SMILES string of the molecule is CC1CC(C)n2cc(C3CCOC3)nc2N1. The van der Waals surface area contributed by atoms with E-state index >= 15 is 0 Å². The summed E-state index contributed by atoms with van der Waals surface area (Å²) in [6, 6.07) is 1.08. The average molecular weight is 221 g/mol. The highest BCUT2D eigenvalue weighted by molar-refractivity contribution is 5.34. The van der Waals surface area contributed by atoms with Gasteiger partial charge in [-0.15, -0.1) is 0 Å². The second-order valence-electron chi connectivity index (χ2n) is 5.09. The molecule has 1 N–H and O–H groups in total. The monoisotopic (exact) mass is 221 g/mol. The van der Waals surface area contributed by atoms with Gasteiger partial charge in [-0.05, 0) is 26.7 Å². The van der Waals surface area contributed by atoms with E-state index in [1.807, 2.05) is 0 Å². The van der Waals surface area contributed by atoms with Crippen LogP contribution in [0.1, 0.15) is 44.3 Å². The van der Waals surface area contributed by atoms with E-state index < -0.39 is 0 Å². The second-order valence-corrected chi connectivity index (χ2v) is 5.09. The first-order valence-corrected chi connectivity index (χ1v) is 6.17. The number of aromatic nitrogens is 2. The summed E-state index contributed by atoms with van der Waals surface area (Å²) in [6.07, 6.45) is 4.49. The fourth-order valence-electron chi connectivity index (χ4n) is 2.72. The van der Waals surface area contributed by atoms with Gasteiger partial charge in [0.05, 0.1) is 12.3 Å². The molecule has 1 aromatic heterocycles. The summed E-state index contributed by atoms with van der Waals surface area (Å²) in [5, 5.41) is 3.45. The predicted octanol–water partition coefficient (Wildman–Crippen LogP) is 2.15. The van der Waals surface area contributed by atoms with Crippen molar-refractivity contribution in [3.63, 3.8) is 0 Å². The summed E-state index contributed by atoms with van der Waals surface area (Å²) in [5.74, 6) is 1.54. The van der Waals surface area contributed by atoms with Crippen LogP contribution in [-0.2, 0) is 4.74 Å². The number of imidazole rings is 1. The van der Waals surface area contributed by atoms with Crippen molar-refractivity contribution < 1.29 is 4.74 Å². The van der Waals surface area contributed by atoms with Crippen molar-refractivity contribution in [2.45, 2.75) is 44.7 Å². The number of rotatable bonds is 1. The van der Waals surface area contributed by atoms with Crippen molar-refractivity contribution in [3.05, 3.63) is 11.9 Å². The Hall–Kier alpha value is -1.03. The molecule has 4 nitrogen and oxygen atoms in total. The van der Waals surface area contributed by atoms with E-state index in [0.29, 0.717) is 18.0 Å². The smallest absolute Gasteiger partial charge is 0.203 e. The van der Waals surface area contributed by atoms with Crippen LogP contribution in [0.2, 0.25) is 0 Å². The lowest BCUT2D eigenvalue weighted by Crippen LogP contribution is -2.28. The molecule has 2 aliphatic rings. The zero-order valence-electron chi connectivity index (χ0n) is 9.94. The quantitative estimate of drug-likeness (QED) is 0.789. The van der Waals surface area contributed by atoms with Gasteiger partial charge in [-0.25, -0.2) is 4.98 Å². The van der Waals surface area contributed by atoms with Crippen LogP contribution in [0.5, 0.6) is 0 Å². The molecule has 0 aromatic carbocycles. The summed E-state index contributed by atoms with van der Waals surface area (Å²) in [4.78, 5) is 4.71. The maximum Gasteiger partial charge on any atom is 0.203 e. The first-order chi connectivity index (χ1) is 7.74. The largest absolute Gasteiger partial charge is 0.381 e. The number of fused-ring (bicyclic) bond motifs is 1. The first-order valence-electron chi connectivity index (χ1n) is 6.17. The van der Waals surface area contributed by atoms with Crippen molar-refractivity contribution in [2.75, 3.05) is 18.5 Å². The molecule has 3 heterocycles. The third-order valence-corrected chi connectivity index (χ3v) is 3.64. The van der Waals surface area contributed by atoms with E-state index in [9.17, 15) is 0 Å². The molecule has 3 unspecified atom stereocenters. The van der Waals surface area contributed by atoms with Gasteiger partial charge in [-0.2, -0.15) is 0 Å². The maximum atomic E-state index is 5.42. The summed E-state index contributed by atoms with van der Waals surface area (Å²) in [5.41, 5.74) is 1.20. The third kappa shape index (κ3) is 1.61. The van der Waals surface area contributed by atoms with E-state index in [4.69, 9.17) is 9.72 Å². The van der Waals surface area contributed by atoms with Crippen molar-refractivity contribution in [1.82, 2.24) is 9.55 Å². The van der Waals surface area contributed by atoms with Crippen molar-refractivity contribution in [1.29, 1.82) is 0 Å². The van der Waals surface area contributed by atoms with Gasteiger partial charge in [-0.1, -0.05) is 0 Å². The molecule has 0 aliphatic carbocycles. The Morgan fingerprint density at radius 3 is 3.12 bits per heavy atom. The average Bonchev–Trinajstić information content (AvgIpc) is 2.82. The van der Waals surface area contributed by atoms with Crippen LogP contribution in [0.3, 0.4) is 0 Å². The van der Waals surface area contributed by atoms with Gasteiger partial charge in [-0.3, -0.25) is 0 Å². The molecule has 0 spiro atoms. The fourth-order valence-corrected chi connectivity index (χ4v) is 2.72. The number of anilines is 1. The Kier molecular flexibility index (Phi) is 2.39. The molecule has 1 fully saturated rings. The highest BCUT2D eigenvalue weighted by Gasteiger charge is 2.26. The zero-order chi connectivity index (χ0) is 11.1. The van der Waals surface area contributed by atoms with Crippen molar-refractivity contribution >= 4 is 5.95 Å². The van der Waals surface area contributed by atoms with Crippen LogP contribution in [0.25, 0.3) is 0 Å². The molecule has 3 rings (SSSR count). The molecular formula is C12H19N3O. The van der Waals surface area contributed by atoms with E-state index in [1.165, 1.54) is 12.1 Å². The third-order valence-electron chi connectivity index (χ3n) is 3.64. The molecule has 2 aliphatic heterocycles. The normalized spacial score (nSPS) is 33.5. The minimum atomic E-state index is 0.502. The minimum absolute atomic E-state index is 0.502. The molecular weight excluding hydrogens is 202 g/mol. The van der Waals surface area contributed by atoms with E-state index in [-0.39, 0.29) is 0 Å². The van der Waals surface area contributed by atoms with Crippen LogP contribution >= 0.6 is 0 Å². The number of nitrogens with zero attached hydrogens (tertiary/aromatic N) is 2. The summed E-state index contributed by atoms with van der Waals surface area (Å²) >= 11 is 0. The topological polar surface area (TPSA) is 39.1 Å². The molecule has 0 saturated carbocycles. The van der Waals surface area contributed by atoms with E-state index in [0.717, 1.165) is 25.6 Å². The van der Waals surface area contributed by atoms with Gasteiger partial charge in [0, 0.05) is 30.8 Å². The van der Waals surface area contributed by atoms with Gasteiger partial charge < -0.3 is 14.6 Å². The Bertz CT molecular complexity index is 382. The molecule has 3 atom stereocenters.